The lowest BCUT2D eigenvalue weighted by molar-refractivity contribution is 0.749. The average molecular weight is 1220 g/mol. The van der Waals surface area contributed by atoms with Gasteiger partial charge in [-0.2, -0.15) is 5.26 Å². The van der Waals surface area contributed by atoms with Gasteiger partial charge in [0.15, 0.2) is 5.69 Å². The van der Waals surface area contributed by atoms with E-state index in [0.717, 1.165) is 117 Å². The van der Waals surface area contributed by atoms with Crippen LogP contribution < -0.4 is 9.80 Å². The molecule has 1 aliphatic carbocycles. The molecule has 3 aromatic heterocycles. The van der Waals surface area contributed by atoms with E-state index in [1.165, 1.54) is 54.9 Å². The molecule has 7 heteroatoms. The number of rotatable bonds is 8. The molecular formula is C89H53N7. The van der Waals surface area contributed by atoms with Crippen molar-refractivity contribution >= 4 is 127 Å². The van der Waals surface area contributed by atoms with Crippen molar-refractivity contribution in [3.8, 4) is 34.3 Å². The summed E-state index contributed by atoms with van der Waals surface area (Å²) in [5.74, 6) is 0. The Labute approximate surface area is 552 Å². The van der Waals surface area contributed by atoms with E-state index < -0.39 is 5.41 Å². The van der Waals surface area contributed by atoms with Gasteiger partial charge in [-0.1, -0.05) is 176 Å². The molecule has 0 fully saturated rings. The molecule has 0 radical (unpaired) electrons. The van der Waals surface area contributed by atoms with Crippen LogP contribution in [0.1, 0.15) is 27.8 Å². The number of nitrogens with zero attached hydrogens (tertiary/aromatic N) is 7. The smallest absolute Gasteiger partial charge is 0.187 e. The first-order valence-corrected chi connectivity index (χ1v) is 32.6. The third-order valence-corrected chi connectivity index (χ3v) is 20.6. The standard InChI is InChI=1S/C89H53N7/c1-91-59-36-40-63(41-37-59)93(66-43-48-83-73(51-66)71-27-13-16-30-81(71)95(83)61-22-6-3-7-23-61)67-53-75-74-52-65(92(62-38-32-56(55-90)33-39-62)64-42-47-82-72(50-64)70-26-12-15-29-80(70)94(82)60-20-4-2-5-21-60)44-49-84(74)96-85-31-17-14-28-76(85)89(79(54-67)88(75)96)77-45-34-57-18-8-10-24-68(57)86(77)87-69-25-11-9-19-58(69)35-46-78(87)89/h2-54H. The minimum absolute atomic E-state index is 0.573. The quantitative estimate of drug-likeness (QED) is 0.142. The van der Waals surface area contributed by atoms with Gasteiger partial charge >= 0.3 is 0 Å². The fourth-order valence-electron chi connectivity index (χ4n) is 16.7. The second-order valence-corrected chi connectivity index (χ2v) is 25.3. The molecule has 0 saturated heterocycles. The van der Waals surface area contributed by atoms with Crippen molar-refractivity contribution in [2.24, 2.45) is 0 Å². The molecule has 20 rings (SSSR count). The summed E-state index contributed by atoms with van der Waals surface area (Å²) in [7, 11) is 0. The summed E-state index contributed by atoms with van der Waals surface area (Å²) >= 11 is 0. The predicted molar refractivity (Wildman–Crippen MR) is 396 cm³/mol. The Morgan fingerprint density at radius 1 is 0.312 bits per heavy atom. The number of hydrogen-bond acceptors (Lipinski definition) is 3. The van der Waals surface area contributed by atoms with Crippen LogP contribution in [0.15, 0.2) is 322 Å². The third kappa shape index (κ3) is 7.45. The van der Waals surface area contributed by atoms with Crippen LogP contribution in [0.25, 0.3) is 120 Å². The molecule has 15 aromatic carbocycles. The SMILES string of the molecule is [C-]#[N+]c1ccc(N(c2ccc3c(c2)c2ccccc2n3-c2ccccc2)c2cc3c4c(c2)c2cc(N(c5ccc(C#N)cc5)c5ccc6c(c5)c5ccccc5n6-c5ccccc5)ccc2n4-c2ccccc2C32c3ccc4ccccc4c3-c3c2ccc2ccccc32)cc1. The summed E-state index contributed by atoms with van der Waals surface area (Å²) in [6.07, 6.45) is 0. The van der Waals surface area contributed by atoms with Crippen molar-refractivity contribution in [2.75, 3.05) is 9.80 Å². The van der Waals surface area contributed by atoms with Gasteiger partial charge < -0.3 is 23.5 Å². The number of para-hydroxylation sites is 5. The maximum Gasteiger partial charge on any atom is 0.187 e. The van der Waals surface area contributed by atoms with Gasteiger partial charge in [-0.05, 0) is 201 Å². The lowest BCUT2D eigenvalue weighted by Gasteiger charge is -2.40. The van der Waals surface area contributed by atoms with Crippen LogP contribution in [0.5, 0.6) is 0 Å². The first-order valence-electron chi connectivity index (χ1n) is 32.6. The summed E-state index contributed by atoms with van der Waals surface area (Å²) in [6.45, 7) is 8.16. The van der Waals surface area contributed by atoms with Gasteiger partial charge in [-0.3, -0.25) is 0 Å². The van der Waals surface area contributed by atoms with E-state index in [1.807, 2.05) is 24.3 Å². The van der Waals surface area contributed by atoms with Gasteiger partial charge in [0.05, 0.1) is 62.4 Å². The second kappa shape index (κ2) is 20.4. The van der Waals surface area contributed by atoms with E-state index in [9.17, 15) is 5.26 Å². The molecule has 0 unspecified atom stereocenters. The molecule has 18 aromatic rings. The van der Waals surface area contributed by atoms with Crippen LogP contribution in [-0.2, 0) is 5.41 Å². The summed E-state index contributed by atoms with van der Waals surface area (Å²) in [6, 6.07) is 119. The van der Waals surface area contributed by atoms with Crippen molar-refractivity contribution in [1.29, 1.82) is 5.26 Å². The van der Waals surface area contributed by atoms with Crippen molar-refractivity contribution in [3.05, 3.63) is 361 Å². The average Bonchev–Trinajstić information content (AvgIpc) is 1.48. The Morgan fingerprint density at radius 2 is 0.729 bits per heavy atom. The number of hydrogen-bond donors (Lipinski definition) is 0. The lowest BCUT2D eigenvalue weighted by atomic mass is 9.65. The highest BCUT2D eigenvalue weighted by Gasteiger charge is 2.52. The zero-order valence-electron chi connectivity index (χ0n) is 51.7. The maximum absolute atomic E-state index is 10.2. The van der Waals surface area contributed by atoms with Crippen LogP contribution >= 0.6 is 0 Å². The fraction of sp³-hybridized carbons (Fsp3) is 0.0112. The fourth-order valence-corrected chi connectivity index (χ4v) is 16.7. The van der Waals surface area contributed by atoms with Gasteiger partial charge in [0.2, 0.25) is 0 Å². The molecule has 0 N–H and O–H groups in total. The van der Waals surface area contributed by atoms with E-state index in [1.54, 1.807) is 0 Å². The number of aromatic nitrogens is 3. The summed E-state index contributed by atoms with van der Waals surface area (Å²) < 4.78 is 7.28. The molecule has 0 atom stereocenters. The van der Waals surface area contributed by atoms with Crippen LogP contribution in [0.2, 0.25) is 0 Å². The number of nitriles is 1. The molecule has 4 heterocycles. The zero-order chi connectivity index (χ0) is 63.3. The van der Waals surface area contributed by atoms with Crippen molar-refractivity contribution in [2.45, 2.75) is 5.41 Å². The molecule has 0 amide bonds. The van der Waals surface area contributed by atoms with Crippen LogP contribution in [0.4, 0.5) is 39.8 Å². The van der Waals surface area contributed by atoms with Gasteiger partial charge in [0.1, 0.15) is 0 Å². The summed E-state index contributed by atoms with van der Waals surface area (Å²) in [4.78, 5) is 8.68. The predicted octanol–water partition coefficient (Wildman–Crippen LogP) is 23.3. The zero-order valence-corrected chi connectivity index (χ0v) is 51.7. The first kappa shape index (κ1) is 53.5. The van der Waals surface area contributed by atoms with E-state index in [-0.39, 0.29) is 0 Å². The van der Waals surface area contributed by atoms with Crippen molar-refractivity contribution in [3.63, 3.8) is 0 Å². The molecule has 1 spiro atoms. The Hall–Kier alpha value is -13.2. The van der Waals surface area contributed by atoms with Gasteiger partial charge in [0, 0.05) is 77.8 Å². The molecule has 2 aliphatic rings. The molecule has 7 nitrogen and oxygen atoms in total. The molecule has 0 bridgehead atoms. The maximum atomic E-state index is 10.2. The number of fused-ring (bicyclic) bond motifs is 22. The number of anilines is 6. The monoisotopic (exact) mass is 1220 g/mol. The van der Waals surface area contributed by atoms with E-state index >= 15 is 0 Å². The molecule has 0 saturated carbocycles. The minimum Gasteiger partial charge on any atom is -0.311 e. The Bertz CT molecular complexity index is 6330. The number of benzene rings is 15. The second-order valence-electron chi connectivity index (χ2n) is 25.3. The topological polar surface area (TPSA) is 49.4 Å². The molecule has 96 heavy (non-hydrogen) atoms. The van der Waals surface area contributed by atoms with Crippen molar-refractivity contribution < 1.29 is 0 Å². The largest absolute Gasteiger partial charge is 0.311 e. The Balaban J connectivity index is 0.913. The highest BCUT2D eigenvalue weighted by Crippen LogP contribution is 2.64. The van der Waals surface area contributed by atoms with Gasteiger partial charge in [-0.25, -0.2) is 4.85 Å². The summed E-state index contributed by atoms with van der Waals surface area (Å²) in [5.41, 5.74) is 23.5. The third-order valence-electron chi connectivity index (χ3n) is 20.6. The van der Waals surface area contributed by atoms with Crippen LogP contribution in [0, 0.1) is 17.9 Å². The van der Waals surface area contributed by atoms with Crippen LogP contribution in [-0.4, -0.2) is 13.7 Å². The summed E-state index contributed by atoms with van der Waals surface area (Å²) in [5, 5.41) is 21.8. The van der Waals surface area contributed by atoms with Gasteiger partial charge in [-0.15, -0.1) is 0 Å². The highest BCUT2D eigenvalue weighted by atomic mass is 15.2. The van der Waals surface area contributed by atoms with E-state index in [0.29, 0.717) is 11.3 Å². The van der Waals surface area contributed by atoms with Gasteiger partial charge in [0.25, 0.3) is 0 Å². The minimum atomic E-state index is -0.827. The van der Waals surface area contributed by atoms with E-state index in [2.05, 4.69) is 332 Å². The molecule has 444 valence electrons. The Kier molecular flexibility index (Phi) is 11.4. The normalized spacial score (nSPS) is 12.6. The van der Waals surface area contributed by atoms with E-state index in [4.69, 9.17) is 6.57 Å². The van der Waals surface area contributed by atoms with Crippen LogP contribution in [0.3, 0.4) is 0 Å². The first-order chi connectivity index (χ1) is 47.5. The molecule has 1 aliphatic heterocycles. The lowest BCUT2D eigenvalue weighted by Crippen LogP contribution is -2.33. The van der Waals surface area contributed by atoms with Crippen molar-refractivity contribution in [1.82, 2.24) is 13.7 Å². The molecular weight excluding hydrogens is 1170 g/mol. The Morgan fingerprint density at radius 3 is 1.26 bits per heavy atom. The highest BCUT2D eigenvalue weighted by molar-refractivity contribution is 6.19.